The van der Waals surface area contributed by atoms with Gasteiger partial charge in [0.05, 0.1) is 12.5 Å². The Morgan fingerprint density at radius 1 is 1.44 bits per heavy atom. The van der Waals surface area contributed by atoms with E-state index in [1.165, 1.54) is 5.56 Å². The molecule has 4 nitrogen and oxygen atoms in total. The Morgan fingerprint density at radius 3 is 2.83 bits per heavy atom. The average molecular weight is 249 g/mol. The van der Waals surface area contributed by atoms with Crippen LogP contribution >= 0.6 is 0 Å². The van der Waals surface area contributed by atoms with Crippen LogP contribution in [0.15, 0.2) is 24.3 Å². The number of nitrogens with one attached hydrogen (secondary N) is 1. The van der Waals surface area contributed by atoms with Crippen molar-refractivity contribution in [2.45, 2.75) is 32.0 Å². The number of carboxylic acid groups (broad SMARTS) is 1. The Kier molecular flexibility index (Phi) is 4.33. The van der Waals surface area contributed by atoms with Crippen LogP contribution in [-0.2, 0) is 22.7 Å². The highest BCUT2D eigenvalue weighted by molar-refractivity contribution is 5.72. The highest BCUT2D eigenvalue weighted by Crippen LogP contribution is 2.27. The summed E-state index contributed by atoms with van der Waals surface area (Å²) in [6.45, 7) is 1.32. The molecule has 2 atom stereocenters. The van der Waals surface area contributed by atoms with Crippen LogP contribution in [-0.4, -0.2) is 24.2 Å². The van der Waals surface area contributed by atoms with Crippen molar-refractivity contribution < 1.29 is 14.6 Å². The van der Waals surface area contributed by atoms with Gasteiger partial charge in [0.2, 0.25) is 0 Å². The molecule has 0 heterocycles. The first kappa shape index (κ1) is 13.1. The minimum Gasteiger partial charge on any atom is -0.481 e. The van der Waals surface area contributed by atoms with Crippen molar-refractivity contribution in [1.82, 2.24) is 5.32 Å². The van der Waals surface area contributed by atoms with Crippen LogP contribution < -0.4 is 5.32 Å². The van der Waals surface area contributed by atoms with E-state index in [0.717, 1.165) is 18.4 Å². The number of rotatable bonds is 6. The molecule has 0 saturated heterocycles. The molecule has 2 unspecified atom stereocenters. The molecule has 4 heteroatoms. The maximum atomic E-state index is 10.9. The summed E-state index contributed by atoms with van der Waals surface area (Å²) < 4.78 is 5.09. The zero-order chi connectivity index (χ0) is 13.0. The third kappa shape index (κ3) is 3.09. The summed E-state index contributed by atoms with van der Waals surface area (Å²) in [5.74, 6) is -0.904. The van der Waals surface area contributed by atoms with E-state index in [9.17, 15) is 4.79 Å². The summed E-state index contributed by atoms with van der Waals surface area (Å²) in [6.07, 6.45) is 1.74. The lowest BCUT2D eigenvalue weighted by atomic mass is 9.79. The summed E-state index contributed by atoms with van der Waals surface area (Å²) >= 11 is 0. The van der Waals surface area contributed by atoms with E-state index in [4.69, 9.17) is 9.84 Å². The number of aliphatic carboxylic acids is 1. The zero-order valence-electron chi connectivity index (χ0n) is 10.6. The number of carboxylic acids is 1. The van der Waals surface area contributed by atoms with Crippen molar-refractivity contribution >= 4 is 5.97 Å². The first-order chi connectivity index (χ1) is 8.70. The maximum Gasteiger partial charge on any atom is 0.308 e. The molecule has 2 rings (SSSR count). The minimum atomic E-state index is -0.688. The van der Waals surface area contributed by atoms with Crippen molar-refractivity contribution in [3.63, 3.8) is 0 Å². The highest BCUT2D eigenvalue weighted by atomic mass is 16.5. The molecule has 1 aromatic rings. The molecule has 1 saturated carbocycles. The summed E-state index contributed by atoms with van der Waals surface area (Å²) in [7, 11) is 1.68. The van der Waals surface area contributed by atoms with E-state index < -0.39 is 5.97 Å². The Morgan fingerprint density at radius 2 is 2.22 bits per heavy atom. The van der Waals surface area contributed by atoms with Gasteiger partial charge in [-0.15, -0.1) is 0 Å². The van der Waals surface area contributed by atoms with E-state index in [1.54, 1.807) is 7.11 Å². The molecule has 1 fully saturated rings. The second kappa shape index (κ2) is 5.98. The van der Waals surface area contributed by atoms with Gasteiger partial charge in [0.25, 0.3) is 0 Å². The van der Waals surface area contributed by atoms with Crippen molar-refractivity contribution in [3.8, 4) is 0 Å². The van der Waals surface area contributed by atoms with Crippen molar-refractivity contribution in [2.75, 3.05) is 7.11 Å². The predicted octanol–water partition coefficient (Wildman–Crippen LogP) is 1.79. The van der Waals surface area contributed by atoms with Crippen molar-refractivity contribution in [2.24, 2.45) is 5.92 Å². The van der Waals surface area contributed by atoms with Gasteiger partial charge in [0.1, 0.15) is 0 Å². The van der Waals surface area contributed by atoms with Crippen molar-refractivity contribution in [3.05, 3.63) is 35.4 Å². The lowest BCUT2D eigenvalue weighted by Gasteiger charge is -2.34. The van der Waals surface area contributed by atoms with Gasteiger partial charge >= 0.3 is 5.97 Å². The Bertz CT molecular complexity index is 419. The fourth-order valence-electron chi connectivity index (χ4n) is 2.28. The SMILES string of the molecule is COCc1cccc(CNC2CCC2C(=O)O)c1. The molecule has 2 N–H and O–H groups in total. The molecule has 0 spiro atoms. The smallest absolute Gasteiger partial charge is 0.308 e. The Hall–Kier alpha value is -1.39. The molecular weight excluding hydrogens is 230 g/mol. The first-order valence-corrected chi connectivity index (χ1v) is 6.23. The highest BCUT2D eigenvalue weighted by Gasteiger charge is 2.35. The minimum absolute atomic E-state index is 0.119. The monoisotopic (exact) mass is 249 g/mol. The summed E-state index contributed by atoms with van der Waals surface area (Å²) in [4.78, 5) is 10.9. The maximum absolute atomic E-state index is 10.9. The van der Waals surface area contributed by atoms with Crippen LogP contribution in [0.1, 0.15) is 24.0 Å². The third-order valence-electron chi connectivity index (χ3n) is 3.46. The standard InChI is InChI=1S/C14H19NO3/c1-18-9-11-4-2-3-10(7-11)8-15-13-6-5-12(13)14(16)17/h2-4,7,12-13,15H,5-6,8-9H2,1H3,(H,16,17). The topological polar surface area (TPSA) is 58.6 Å². The fraction of sp³-hybridized carbons (Fsp3) is 0.500. The zero-order valence-corrected chi connectivity index (χ0v) is 10.6. The van der Waals surface area contributed by atoms with Crippen LogP contribution in [0, 0.1) is 5.92 Å². The van der Waals surface area contributed by atoms with Gasteiger partial charge < -0.3 is 15.2 Å². The number of ether oxygens (including phenoxy) is 1. The number of hydrogen-bond donors (Lipinski definition) is 2. The van der Waals surface area contributed by atoms with Crippen LogP contribution in [0.3, 0.4) is 0 Å². The molecule has 18 heavy (non-hydrogen) atoms. The van der Waals surface area contributed by atoms with Gasteiger partial charge in [0, 0.05) is 19.7 Å². The van der Waals surface area contributed by atoms with Crippen molar-refractivity contribution in [1.29, 1.82) is 0 Å². The van der Waals surface area contributed by atoms with Gasteiger partial charge in [-0.25, -0.2) is 0 Å². The molecular formula is C14H19NO3. The second-order valence-corrected chi connectivity index (χ2v) is 4.76. The lowest BCUT2D eigenvalue weighted by Crippen LogP contribution is -2.47. The van der Waals surface area contributed by atoms with E-state index in [0.29, 0.717) is 13.2 Å². The van der Waals surface area contributed by atoms with Crippen LogP contribution in [0.4, 0.5) is 0 Å². The molecule has 1 aliphatic carbocycles. The molecule has 0 bridgehead atoms. The Balaban J connectivity index is 1.86. The predicted molar refractivity (Wildman–Crippen MR) is 68.1 cm³/mol. The third-order valence-corrected chi connectivity index (χ3v) is 3.46. The molecule has 0 aliphatic heterocycles. The van der Waals surface area contributed by atoms with E-state index >= 15 is 0 Å². The quantitative estimate of drug-likeness (QED) is 0.807. The molecule has 1 aromatic carbocycles. The van der Waals surface area contributed by atoms with Gasteiger partial charge in [0.15, 0.2) is 0 Å². The fourth-order valence-corrected chi connectivity index (χ4v) is 2.28. The van der Waals surface area contributed by atoms with Crippen LogP contribution in [0.2, 0.25) is 0 Å². The number of carbonyl (C=O) groups is 1. The molecule has 1 aliphatic rings. The molecule has 0 aromatic heterocycles. The van der Waals surface area contributed by atoms with E-state index in [2.05, 4.69) is 11.4 Å². The average Bonchev–Trinajstić information content (AvgIpc) is 2.28. The number of methoxy groups -OCH3 is 1. The van der Waals surface area contributed by atoms with Gasteiger partial charge in [-0.05, 0) is 24.0 Å². The molecule has 98 valence electrons. The lowest BCUT2D eigenvalue weighted by molar-refractivity contribution is -0.146. The largest absolute Gasteiger partial charge is 0.481 e. The molecule has 0 amide bonds. The number of hydrogen-bond acceptors (Lipinski definition) is 3. The van der Waals surface area contributed by atoms with Gasteiger partial charge in [-0.2, -0.15) is 0 Å². The first-order valence-electron chi connectivity index (χ1n) is 6.23. The van der Waals surface area contributed by atoms with E-state index in [-0.39, 0.29) is 12.0 Å². The normalized spacial score (nSPS) is 22.5. The molecule has 0 radical (unpaired) electrons. The summed E-state index contributed by atoms with van der Waals surface area (Å²) in [5, 5.41) is 12.3. The van der Waals surface area contributed by atoms with Crippen LogP contribution in [0.5, 0.6) is 0 Å². The summed E-state index contributed by atoms with van der Waals surface area (Å²) in [6, 6.07) is 8.27. The second-order valence-electron chi connectivity index (χ2n) is 4.76. The van der Waals surface area contributed by atoms with Crippen LogP contribution in [0.25, 0.3) is 0 Å². The number of benzene rings is 1. The van der Waals surface area contributed by atoms with E-state index in [1.807, 2.05) is 18.2 Å². The van der Waals surface area contributed by atoms with Gasteiger partial charge in [-0.1, -0.05) is 24.3 Å². The Labute approximate surface area is 107 Å². The summed E-state index contributed by atoms with van der Waals surface area (Å²) in [5.41, 5.74) is 2.31. The van der Waals surface area contributed by atoms with Gasteiger partial charge in [-0.3, -0.25) is 4.79 Å².